The van der Waals surface area contributed by atoms with Gasteiger partial charge in [-0.3, -0.25) is 4.79 Å². The molecule has 0 bridgehead atoms. The zero-order chi connectivity index (χ0) is 21.7. The van der Waals surface area contributed by atoms with Crippen LogP contribution in [0, 0.1) is 13.8 Å². The van der Waals surface area contributed by atoms with E-state index >= 15 is 0 Å². The Morgan fingerprint density at radius 1 is 1.10 bits per heavy atom. The van der Waals surface area contributed by atoms with Gasteiger partial charge < -0.3 is 4.74 Å². The van der Waals surface area contributed by atoms with E-state index in [1.807, 2.05) is 56.3 Å². The Morgan fingerprint density at radius 2 is 1.77 bits per heavy atom. The Hall–Kier alpha value is -3.18. The molecule has 0 unspecified atom stereocenters. The highest BCUT2D eigenvalue weighted by molar-refractivity contribution is 6.31. The first-order chi connectivity index (χ1) is 14.3. The molecule has 3 aromatic rings. The van der Waals surface area contributed by atoms with Crippen LogP contribution in [-0.4, -0.2) is 27.6 Å². The molecule has 2 aromatic carbocycles. The molecule has 1 heterocycles. The van der Waals surface area contributed by atoms with Gasteiger partial charge in [0.1, 0.15) is 5.15 Å². The molecule has 0 saturated carbocycles. The molecule has 30 heavy (non-hydrogen) atoms. The second-order valence-electron chi connectivity index (χ2n) is 7.08. The highest BCUT2D eigenvalue weighted by Gasteiger charge is 2.19. The molecular weight excluding hydrogens is 400 g/mol. The number of ketones is 1. The van der Waals surface area contributed by atoms with Gasteiger partial charge in [-0.25, -0.2) is 9.48 Å². The lowest BCUT2D eigenvalue weighted by atomic mass is 10.1. The van der Waals surface area contributed by atoms with Gasteiger partial charge in [0, 0.05) is 17.2 Å². The van der Waals surface area contributed by atoms with Crippen molar-refractivity contribution in [1.29, 1.82) is 0 Å². The molecule has 3 rings (SSSR count). The van der Waals surface area contributed by atoms with Crippen LogP contribution >= 0.6 is 11.6 Å². The molecule has 1 aromatic heterocycles. The summed E-state index contributed by atoms with van der Waals surface area (Å²) in [5, 5.41) is 4.88. The average molecular weight is 423 g/mol. The summed E-state index contributed by atoms with van der Waals surface area (Å²) >= 11 is 6.45. The number of esters is 1. The summed E-state index contributed by atoms with van der Waals surface area (Å²) < 4.78 is 6.94. The van der Waals surface area contributed by atoms with Gasteiger partial charge in [0.05, 0.1) is 12.2 Å². The van der Waals surface area contributed by atoms with Gasteiger partial charge in [0.15, 0.2) is 6.10 Å². The lowest BCUT2D eigenvalue weighted by molar-refractivity contribution is -0.140. The molecule has 5 nitrogen and oxygen atoms in total. The summed E-state index contributed by atoms with van der Waals surface area (Å²) in [6, 6.07) is 17.0. The highest BCUT2D eigenvalue weighted by atomic mass is 35.5. The van der Waals surface area contributed by atoms with Gasteiger partial charge in [-0.15, -0.1) is 0 Å². The molecule has 0 aliphatic heterocycles. The van der Waals surface area contributed by atoms with E-state index in [1.54, 1.807) is 29.8 Å². The lowest BCUT2D eigenvalue weighted by Gasteiger charge is -2.11. The quantitative estimate of drug-likeness (QED) is 0.304. The van der Waals surface area contributed by atoms with Gasteiger partial charge in [0.25, 0.3) is 0 Å². The van der Waals surface area contributed by atoms with E-state index < -0.39 is 12.1 Å². The van der Waals surface area contributed by atoms with Gasteiger partial charge in [-0.2, -0.15) is 5.10 Å². The van der Waals surface area contributed by atoms with Crippen LogP contribution in [0.25, 0.3) is 6.08 Å². The summed E-state index contributed by atoms with van der Waals surface area (Å²) in [4.78, 5) is 24.6. The van der Waals surface area contributed by atoms with E-state index in [2.05, 4.69) is 5.10 Å². The monoisotopic (exact) mass is 422 g/mol. The van der Waals surface area contributed by atoms with Crippen LogP contribution in [0.3, 0.4) is 0 Å². The minimum atomic E-state index is -0.887. The van der Waals surface area contributed by atoms with Crippen LogP contribution < -0.4 is 0 Å². The van der Waals surface area contributed by atoms with Crippen LogP contribution in [0.1, 0.15) is 39.7 Å². The normalized spacial score (nSPS) is 12.1. The predicted molar refractivity (Wildman–Crippen MR) is 118 cm³/mol. The smallest absolute Gasteiger partial charge is 0.331 e. The maximum absolute atomic E-state index is 12.4. The largest absolute Gasteiger partial charge is 0.451 e. The highest BCUT2D eigenvalue weighted by Crippen LogP contribution is 2.22. The Kier molecular flexibility index (Phi) is 6.85. The van der Waals surface area contributed by atoms with Crippen molar-refractivity contribution in [2.45, 2.75) is 33.4 Å². The number of carbonyl (C=O) groups is 2. The maximum atomic E-state index is 12.4. The minimum absolute atomic E-state index is 0.248. The molecule has 0 fully saturated rings. The molecule has 6 heteroatoms. The Labute approximate surface area is 180 Å². The maximum Gasteiger partial charge on any atom is 0.331 e. The summed E-state index contributed by atoms with van der Waals surface area (Å²) in [7, 11) is 0. The van der Waals surface area contributed by atoms with E-state index in [9.17, 15) is 9.59 Å². The van der Waals surface area contributed by atoms with E-state index in [-0.39, 0.29) is 5.78 Å². The molecule has 0 saturated heterocycles. The molecule has 1 atom stereocenters. The molecule has 0 radical (unpaired) electrons. The Morgan fingerprint density at radius 3 is 2.43 bits per heavy atom. The third-order valence-corrected chi connectivity index (χ3v) is 5.07. The van der Waals surface area contributed by atoms with Gasteiger partial charge in [0.2, 0.25) is 5.78 Å². The van der Waals surface area contributed by atoms with Gasteiger partial charge >= 0.3 is 5.97 Å². The standard InChI is InChI=1S/C24H23ClN2O3/c1-16-9-11-20(12-10-16)23(29)18(3)30-22(28)14-13-21-17(2)26-27(24(21)25)15-19-7-5-4-6-8-19/h4-14,18H,15H2,1-3H3/b14-13+/t18-/m0/s1. The van der Waals surface area contributed by atoms with Crippen molar-refractivity contribution in [3.63, 3.8) is 0 Å². The average Bonchev–Trinajstić information content (AvgIpc) is 2.99. The fourth-order valence-electron chi connectivity index (χ4n) is 2.99. The summed E-state index contributed by atoms with van der Waals surface area (Å²) in [5.41, 5.74) is 3.97. The molecular formula is C24H23ClN2O3. The molecule has 0 aliphatic carbocycles. The zero-order valence-electron chi connectivity index (χ0n) is 17.1. The number of ether oxygens (including phenoxy) is 1. The first kappa shape index (κ1) is 21.5. The summed E-state index contributed by atoms with van der Waals surface area (Å²) in [6.07, 6.45) is 1.95. The summed E-state index contributed by atoms with van der Waals surface area (Å²) in [5.74, 6) is -0.865. The second kappa shape index (κ2) is 9.55. The van der Waals surface area contributed by atoms with Crippen LogP contribution in [0.5, 0.6) is 0 Å². The van der Waals surface area contributed by atoms with Gasteiger partial charge in [-0.1, -0.05) is 71.8 Å². The van der Waals surface area contributed by atoms with Crippen molar-refractivity contribution in [3.05, 3.63) is 93.8 Å². The molecule has 0 aliphatic rings. The third-order valence-electron chi connectivity index (χ3n) is 4.67. The number of hydrogen-bond donors (Lipinski definition) is 0. The molecule has 154 valence electrons. The summed E-state index contributed by atoms with van der Waals surface area (Å²) in [6.45, 7) is 5.85. The van der Waals surface area contributed by atoms with Crippen molar-refractivity contribution in [2.24, 2.45) is 0 Å². The number of benzene rings is 2. The fourth-order valence-corrected chi connectivity index (χ4v) is 3.29. The van der Waals surface area contributed by atoms with Crippen molar-refractivity contribution < 1.29 is 14.3 Å². The number of aromatic nitrogens is 2. The van der Waals surface area contributed by atoms with E-state index in [0.29, 0.717) is 28.5 Å². The predicted octanol–water partition coefficient (Wildman–Crippen LogP) is 5.03. The van der Waals surface area contributed by atoms with Crippen molar-refractivity contribution in [2.75, 3.05) is 0 Å². The minimum Gasteiger partial charge on any atom is -0.451 e. The van der Waals surface area contributed by atoms with E-state index in [0.717, 1.165) is 11.1 Å². The first-order valence-electron chi connectivity index (χ1n) is 9.61. The molecule has 0 spiro atoms. The fraction of sp³-hybridized carbons (Fsp3) is 0.208. The second-order valence-corrected chi connectivity index (χ2v) is 7.43. The van der Waals surface area contributed by atoms with Gasteiger partial charge in [-0.05, 0) is 32.4 Å². The number of rotatable bonds is 7. The topological polar surface area (TPSA) is 61.2 Å². The SMILES string of the molecule is Cc1ccc(C(=O)[C@H](C)OC(=O)/C=C/c2c(C)nn(Cc3ccccc3)c2Cl)cc1. The van der Waals surface area contributed by atoms with E-state index in [4.69, 9.17) is 16.3 Å². The number of carbonyl (C=O) groups excluding carboxylic acids is 2. The van der Waals surface area contributed by atoms with Crippen molar-refractivity contribution in [1.82, 2.24) is 9.78 Å². The Balaban J connectivity index is 1.65. The van der Waals surface area contributed by atoms with Crippen LogP contribution in [0.4, 0.5) is 0 Å². The number of halogens is 1. The van der Waals surface area contributed by atoms with Crippen LogP contribution in [0.2, 0.25) is 5.15 Å². The Bertz CT molecular complexity index is 1070. The number of nitrogens with zero attached hydrogens (tertiary/aromatic N) is 2. The third kappa shape index (κ3) is 5.24. The lowest BCUT2D eigenvalue weighted by Crippen LogP contribution is -2.23. The number of Topliss-reactive ketones (excluding diaryl/α,β-unsaturated/α-hetero) is 1. The molecule has 0 N–H and O–H groups in total. The van der Waals surface area contributed by atoms with Crippen LogP contribution in [0.15, 0.2) is 60.7 Å². The zero-order valence-corrected chi connectivity index (χ0v) is 17.9. The molecule has 0 amide bonds. The van der Waals surface area contributed by atoms with Crippen LogP contribution in [-0.2, 0) is 16.1 Å². The first-order valence-corrected chi connectivity index (χ1v) is 9.99. The van der Waals surface area contributed by atoms with E-state index in [1.165, 1.54) is 6.08 Å². The number of hydrogen-bond acceptors (Lipinski definition) is 4. The van der Waals surface area contributed by atoms with Crippen molar-refractivity contribution >= 4 is 29.4 Å². The number of aryl methyl sites for hydroxylation is 2. The van der Waals surface area contributed by atoms with Crippen molar-refractivity contribution in [3.8, 4) is 0 Å².